The molecule has 122 valence electrons. The molecule has 0 radical (unpaired) electrons. The average molecular weight is 307 g/mol. The van der Waals surface area contributed by atoms with E-state index in [1.54, 1.807) is 0 Å². The first-order valence-corrected chi connectivity index (χ1v) is 8.86. The number of hydroxylamine groups is 1. The number of alkyl carbamates (subject to hydrolysis) is 1. The van der Waals surface area contributed by atoms with Gasteiger partial charge in [0.1, 0.15) is 12.8 Å². The van der Waals surface area contributed by atoms with E-state index in [9.17, 15) is 4.79 Å². The molecule has 5 aliphatic rings. The van der Waals surface area contributed by atoms with Crippen LogP contribution >= 0.6 is 0 Å². The van der Waals surface area contributed by atoms with Crippen molar-refractivity contribution in [1.29, 1.82) is 0 Å². The van der Waals surface area contributed by atoms with Crippen LogP contribution in [0.3, 0.4) is 0 Å². The van der Waals surface area contributed by atoms with Gasteiger partial charge in [0.15, 0.2) is 0 Å². The van der Waals surface area contributed by atoms with Crippen molar-refractivity contribution in [2.45, 2.75) is 62.9 Å². The maximum Gasteiger partial charge on any atom is 0.407 e. The number of hydrogen-bond donors (Lipinski definition) is 3. The summed E-state index contributed by atoms with van der Waals surface area (Å²) in [6.45, 7) is 0.574. The topological polar surface area (TPSA) is 71.6 Å². The third-order valence-electron chi connectivity index (χ3n) is 6.69. The largest absolute Gasteiger partial charge is 0.447 e. The molecule has 2 aliphatic heterocycles. The second-order valence-electron chi connectivity index (χ2n) is 7.97. The van der Waals surface area contributed by atoms with Gasteiger partial charge >= 0.3 is 6.09 Å². The van der Waals surface area contributed by atoms with E-state index in [4.69, 9.17) is 9.57 Å². The van der Waals surface area contributed by atoms with Crippen molar-refractivity contribution in [1.82, 2.24) is 16.1 Å². The molecule has 3 aliphatic carbocycles. The fourth-order valence-electron chi connectivity index (χ4n) is 5.34. The Hall–Kier alpha value is -0.850. The zero-order valence-corrected chi connectivity index (χ0v) is 12.8. The average Bonchev–Trinajstić information content (AvgIpc) is 3.00. The van der Waals surface area contributed by atoms with Crippen molar-refractivity contribution in [3.8, 4) is 0 Å². The number of ether oxygens (including phenoxy) is 1. The Labute approximate surface area is 130 Å². The predicted octanol–water partition coefficient (Wildman–Crippen LogP) is 1.48. The van der Waals surface area contributed by atoms with E-state index in [0.717, 1.165) is 12.3 Å². The SMILES string of the molecule is O=C1NC2(CCC3CC(C4NOC(C5CC5)N4)CCC32)CO1. The van der Waals surface area contributed by atoms with E-state index >= 15 is 0 Å². The maximum absolute atomic E-state index is 11.5. The highest BCUT2D eigenvalue weighted by Crippen LogP contribution is 2.51. The van der Waals surface area contributed by atoms with Crippen molar-refractivity contribution in [2.24, 2.45) is 23.7 Å². The number of carbonyl (C=O) groups excluding carboxylic acids is 1. The van der Waals surface area contributed by atoms with E-state index in [1.165, 1.54) is 38.5 Å². The molecule has 5 fully saturated rings. The summed E-state index contributed by atoms with van der Waals surface area (Å²) in [4.78, 5) is 17.2. The molecule has 6 heteroatoms. The lowest BCUT2D eigenvalue weighted by molar-refractivity contribution is 0.00290. The Balaban J connectivity index is 1.24. The van der Waals surface area contributed by atoms with Crippen LogP contribution in [0.1, 0.15) is 44.9 Å². The molecular formula is C16H25N3O3. The summed E-state index contributed by atoms with van der Waals surface area (Å²) in [6, 6.07) is 0. The van der Waals surface area contributed by atoms with Crippen molar-refractivity contribution in [3.05, 3.63) is 0 Å². The van der Waals surface area contributed by atoms with Crippen LogP contribution in [0, 0.1) is 23.7 Å². The van der Waals surface area contributed by atoms with Gasteiger partial charge in [-0.1, -0.05) is 0 Å². The molecule has 3 saturated carbocycles. The quantitative estimate of drug-likeness (QED) is 0.721. The van der Waals surface area contributed by atoms with Gasteiger partial charge in [-0.05, 0) is 62.7 Å². The van der Waals surface area contributed by atoms with Crippen molar-refractivity contribution in [3.63, 3.8) is 0 Å². The van der Waals surface area contributed by atoms with Gasteiger partial charge in [-0.3, -0.25) is 10.2 Å². The summed E-state index contributed by atoms with van der Waals surface area (Å²) in [7, 11) is 0. The lowest BCUT2D eigenvalue weighted by Gasteiger charge is -2.39. The first-order chi connectivity index (χ1) is 10.7. The lowest BCUT2D eigenvalue weighted by Crippen LogP contribution is -2.51. The van der Waals surface area contributed by atoms with Crippen LogP contribution in [-0.4, -0.2) is 30.6 Å². The molecule has 1 amide bonds. The smallest absolute Gasteiger partial charge is 0.407 e. The first kappa shape index (κ1) is 13.6. The van der Waals surface area contributed by atoms with Crippen LogP contribution in [-0.2, 0) is 9.57 Å². The second-order valence-corrected chi connectivity index (χ2v) is 7.97. The van der Waals surface area contributed by atoms with Crippen LogP contribution in [0.25, 0.3) is 0 Å². The molecular weight excluding hydrogens is 282 g/mol. The summed E-state index contributed by atoms with van der Waals surface area (Å²) in [5.41, 5.74) is 3.18. The molecule has 5 rings (SSSR count). The minimum absolute atomic E-state index is 0.0592. The minimum atomic E-state index is -0.220. The van der Waals surface area contributed by atoms with Crippen LogP contribution in [0.4, 0.5) is 4.79 Å². The molecule has 0 aromatic carbocycles. The van der Waals surface area contributed by atoms with E-state index in [1.807, 2.05) is 0 Å². The Kier molecular flexibility index (Phi) is 2.98. The van der Waals surface area contributed by atoms with Crippen molar-refractivity contribution >= 4 is 6.09 Å². The molecule has 0 aromatic heterocycles. The van der Waals surface area contributed by atoms with Crippen molar-refractivity contribution in [2.75, 3.05) is 6.61 Å². The Morgan fingerprint density at radius 3 is 2.68 bits per heavy atom. The summed E-state index contributed by atoms with van der Waals surface area (Å²) < 4.78 is 5.22. The monoisotopic (exact) mass is 307 g/mol. The molecule has 3 N–H and O–H groups in total. The molecule has 6 unspecified atom stereocenters. The van der Waals surface area contributed by atoms with Gasteiger partial charge in [0.25, 0.3) is 0 Å². The number of rotatable bonds is 2. The third kappa shape index (κ3) is 2.07. The summed E-state index contributed by atoms with van der Waals surface area (Å²) in [5.74, 6) is 2.66. The molecule has 2 saturated heterocycles. The van der Waals surface area contributed by atoms with Gasteiger partial charge in [-0.2, -0.15) is 5.48 Å². The van der Waals surface area contributed by atoms with E-state index in [2.05, 4.69) is 16.1 Å². The highest BCUT2D eigenvalue weighted by atomic mass is 16.7. The first-order valence-electron chi connectivity index (χ1n) is 8.86. The third-order valence-corrected chi connectivity index (χ3v) is 6.69. The molecule has 22 heavy (non-hydrogen) atoms. The zero-order valence-electron chi connectivity index (χ0n) is 12.8. The number of fused-ring (bicyclic) bond motifs is 2. The van der Waals surface area contributed by atoms with Gasteiger partial charge in [0.2, 0.25) is 0 Å². The van der Waals surface area contributed by atoms with Gasteiger partial charge in [-0.15, -0.1) is 0 Å². The Bertz CT molecular complexity index is 483. The zero-order chi connectivity index (χ0) is 14.7. The normalized spacial score (nSPS) is 50.9. The Morgan fingerprint density at radius 2 is 1.91 bits per heavy atom. The van der Waals surface area contributed by atoms with Gasteiger partial charge in [0, 0.05) is 5.92 Å². The molecule has 1 spiro atoms. The number of hydrogen-bond acceptors (Lipinski definition) is 5. The number of carbonyl (C=O) groups is 1. The van der Waals surface area contributed by atoms with Crippen LogP contribution in [0.5, 0.6) is 0 Å². The maximum atomic E-state index is 11.5. The summed E-state index contributed by atoms with van der Waals surface area (Å²) >= 11 is 0. The van der Waals surface area contributed by atoms with Gasteiger partial charge < -0.3 is 10.1 Å². The van der Waals surface area contributed by atoms with E-state index in [-0.39, 0.29) is 17.9 Å². The summed E-state index contributed by atoms with van der Waals surface area (Å²) in [5, 5.41) is 6.77. The number of cyclic esters (lactones) is 1. The van der Waals surface area contributed by atoms with Crippen LogP contribution in [0.2, 0.25) is 0 Å². The van der Waals surface area contributed by atoms with Crippen molar-refractivity contribution < 1.29 is 14.4 Å². The lowest BCUT2D eigenvalue weighted by atomic mass is 9.70. The van der Waals surface area contributed by atoms with Gasteiger partial charge in [0.05, 0.1) is 11.7 Å². The van der Waals surface area contributed by atoms with Crippen LogP contribution in [0.15, 0.2) is 0 Å². The predicted molar refractivity (Wildman–Crippen MR) is 78.4 cm³/mol. The fourth-order valence-corrected chi connectivity index (χ4v) is 5.34. The molecule has 0 bridgehead atoms. The van der Waals surface area contributed by atoms with Crippen LogP contribution < -0.4 is 16.1 Å². The number of nitrogens with one attached hydrogen (secondary N) is 3. The summed E-state index contributed by atoms with van der Waals surface area (Å²) in [6.07, 6.45) is 8.80. The molecule has 6 atom stereocenters. The standard InChI is InChI=1S/C16H25N3O3/c20-15-18-16(8-21-15)6-5-10-7-11(3-4-12(10)16)13-17-14(22-19-13)9-1-2-9/h9-14,17,19H,1-8H2,(H,18,20). The Morgan fingerprint density at radius 1 is 1.05 bits per heavy atom. The number of amides is 1. The second kappa shape index (κ2) is 4.82. The van der Waals surface area contributed by atoms with Gasteiger partial charge in [-0.25, -0.2) is 4.79 Å². The molecule has 0 aromatic rings. The highest BCUT2D eigenvalue weighted by molar-refractivity contribution is 5.71. The van der Waals surface area contributed by atoms with E-state index in [0.29, 0.717) is 30.5 Å². The fraction of sp³-hybridized carbons (Fsp3) is 0.938. The minimum Gasteiger partial charge on any atom is -0.447 e. The highest BCUT2D eigenvalue weighted by Gasteiger charge is 2.55. The molecule has 2 heterocycles. The molecule has 6 nitrogen and oxygen atoms in total. The van der Waals surface area contributed by atoms with E-state index < -0.39 is 0 Å².